The van der Waals surface area contributed by atoms with Crippen molar-refractivity contribution in [1.29, 1.82) is 0 Å². The molecular formula is C19H16N2O6. The third-order valence-electron chi connectivity index (χ3n) is 3.35. The van der Waals surface area contributed by atoms with Crippen molar-refractivity contribution in [3.05, 3.63) is 76.9 Å². The number of nitrogens with zero attached hydrogens (tertiary/aromatic N) is 1. The van der Waals surface area contributed by atoms with Gasteiger partial charge in [0.1, 0.15) is 0 Å². The van der Waals surface area contributed by atoms with E-state index < -0.39 is 17.8 Å². The van der Waals surface area contributed by atoms with Gasteiger partial charge in [0.15, 0.2) is 0 Å². The van der Waals surface area contributed by atoms with E-state index in [0.717, 1.165) is 5.56 Å². The highest BCUT2D eigenvalue weighted by molar-refractivity contribution is 5.93. The van der Waals surface area contributed by atoms with Crippen molar-refractivity contribution in [3.8, 4) is 0 Å². The van der Waals surface area contributed by atoms with Crippen LogP contribution in [0.1, 0.15) is 31.8 Å². The molecular weight excluding hydrogens is 352 g/mol. The van der Waals surface area contributed by atoms with E-state index in [0.29, 0.717) is 11.1 Å². The lowest BCUT2D eigenvalue weighted by atomic mass is 10.1. The van der Waals surface area contributed by atoms with Crippen molar-refractivity contribution < 1.29 is 29.2 Å². The van der Waals surface area contributed by atoms with Crippen LogP contribution in [0.25, 0.3) is 6.08 Å². The molecule has 8 heteroatoms. The predicted octanol–water partition coefficient (Wildman–Crippen LogP) is 2.18. The van der Waals surface area contributed by atoms with E-state index in [2.05, 4.69) is 9.89 Å². The highest BCUT2D eigenvalue weighted by Gasteiger charge is 2.09. The number of rotatable bonds is 6. The average Bonchev–Trinajstić information content (AvgIpc) is 2.72. The van der Waals surface area contributed by atoms with Crippen molar-refractivity contribution in [3.63, 3.8) is 0 Å². The number of oxime groups is 1. The Morgan fingerprint density at radius 3 is 2.04 bits per heavy atom. The van der Waals surface area contributed by atoms with Gasteiger partial charge in [0, 0.05) is 6.08 Å². The van der Waals surface area contributed by atoms with E-state index in [1.807, 2.05) is 0 Å². The third-order valence-corrected chi connectivity index (χ3v) is 3.35. The van der Waals surface area contributed by atoms with Gasteiger partial charge in [0.25, 0.3) is 5.91 Å². The normalized spacial score (nSPS) is 10.7. The molecule has 2 N–H and O–H groups in total. The van der Waals surface area contributed by atoms with E-state index >= 15 is 0 Å². The smallest absolute Gasteiger partial charge is 0.365 e. The van der Waals surface area contributed by atoms with Crippen LogP contribution in [0, 0.1) is 0 Å². The Kier molecular flexibility index (Phi) is 6.98. The second kappa shape index (κ2) is 9.64. The zero-order valence-corrected chi connectivity index (χ0v) is 14.3. The minimum atomic E-state index is -0.669. The number of hydroxylamine groups is 1. The summed E-state index contributed by atoms with van der Waals surface area (Å²) in [5.41, 5.74) is 3.46. The van der Waals surface area contributed by atoms with Gasteiger partial charge in [-0.25, -0.2) is 15.1 Å². The fourth-order valence-corrected chi connectivity index (χ4v) is 1.95. The van der Waals surface area contributed by atoms with Crippen LogP contribution >= 0.6 is 0 Å². The standard InChI is InChI=1S/C19H16N2O6/c1-26-18(23)15-7-9-16(10-8-15)19(24)27-20-12-14-4-2-13(3-5-14)6-11-17(22)21-25/h2-12,25H,1H3,(H,21,22). The zero-order chi connectivity index (χ0) is 19.6. The number of hydrogen-bond donors (Lipinski definition) is 2. The Morgan fingerprint density at radius 1 is 0.926 bits per heavy atom. The molecule has 0 aliphatic heterocycles. The summed E-state index contributed by atoms with van der Waals surface area (Å²) in [6, 6.07) is 12.6. The first-order valence-electron chi connectivity index (χ1n) is 7.69. The lowest BCUT2D eigenvalue weighted by Gasteiger charge is -2.01. The summed E-state index contributed by atoms with van der Waals surface area (Å²) < 4.78 is 4.58. The van der Waals surface area contributed by atoms with Crippen molar-refractivity contribution in [1.82, 2.24) is 5.48 Å². The molecule has 2 rings (SSSR count). The largest absolute Gasteiger partial charge is 0.465 e. The number of methoxy groups -OCH3 is 1. The Bertz CT molecular complexity index is 870. The molecule has 0 heterocycles. The molecule has 0 fully saturated rings. The van der Waals surface area contributed by atoms with Crippen LogP contribution in [0.15, 0.2) is 59.8 Å². The Hall–Kier alpha value is -3.78. The number of carbonyl (C=O) groups is 3. The summed E-state index contributed by atoms with van der Waals surface area (Å²) in [4.78, 5) is 38.9. The van der Waals surface area contributed by atoms with Crippen LogP contribution in [0.3, 0.4) is 0 Å². The maximum atomic E-state index is 11.9. The Morgan fingerprint density at radius 2 is 1.48 bits per heavy atom. The molecule has 0 unspecified atom stereocenters. The predicted molar refractivity (Wildman–Crippen MR) is 96.2 cm³/mol. The lowest BCUT2D eigenvalue weighted by molar-refractivity contribution is -0.124. The molecule has 0 aliphatic carbocycles. The van der Waals surface area contributed by atoms with E-state index in [9.17, 15) is 14.4 Å². The summed E-state index contributed by atoms with van der Waals surface area (Å²) in [6.07, 6.45) is 4.05. The van der Waals surface area contributed by atoms with Gasteiger partial charge in [0.05, 0.1) is 24.5 Å². The summed E-state index contributed by atoms with van der Waals surface area (Å²) in [7, 11) is 1.27. The van der Waals surface area contributed by atoms with E-state index in [-0.39, 0.29) is 5.56 Å². The molecule has 0 atom stereocenters. The van der Waals surface area contributed by atoms with Gasteiger partial charge in [-0.05, 0) is 41.5 Å². The lowest BCUT2D eigenvalue weighted by Crippen LogP contribution is -2.14. The number of hydrogen-bond acceptors (Lipinski definition) is 7. The van der Waals surface area contributed by atoms with Crippen molar-refractivity contribution >= 4 is 30.1 Å². The SMILES string of the molecule is COC(=O)c1ccc(C(=O)ON=Cc2ccc(C=CC(=O)NO)cc2)cc1. The van der Waals surface area contributed by atoms with Crippen LogP contribution in [0.5, 0.6) is 0 Å². The molecule has 0 aliphatic rings. The Labute approximate surface area is 154 Å². The maximum absolute atomic E-state index is 11.9. The van der Waals surface area contributed by atoms with Crippen molar-refractivity contribution in [2.24, 2.45) is 5.16 Å². The van der Waals surface area contributed by atoms with Crippen LogP contribution in [0.2, 0.25) is 0 Å². The van der Waals surface area contributed by atoms with E-state index in [1.165, 1.54) is 55.2 Å². The van der Waals surface area contributed by atoms with Gasteiger partial charge in [-0.1, -0.05) is 29.4 Å². The van der Waals surface area contributed by atoms with Gasteiger partial charge >= 0.3 is 11.9 Å². The number of carbonyl (C=O) groups excluding carboxylic acids is 3. The molecule has 27 heavy (non-hydrogen) atoms. The molecule has 2 aromatic carbocycles. The molecule has 1 amide bonds. The van der Waals surface area contributed by atoms with E-state index in [1.54, 1.807) is 24.3 Å². The fraction of sp³-hybridized carbons (Fsp3) is 0.0526. The first-order chi connectivity index (χ1) is 13.0. The zero-order valence-electron chi connectivity index (χ0n) is 14.3. The maximum Gasteiger partial charge on any atom is 0.365 e. The number of ether oxygens (including phenoxy) is 1. The second-order valence-electron chi connectivity index (χ2n) is 5.16. The van der Waals surface area contributed by atoms with Gasteiger partial charge in [-0.15, -0.1) is 0 Å². The third kappa shape index (κ3) is 5.91. The van der Waals surface area contributed by atoms with Crippen LogP contribution in [0.4, 0.5) is 0 Å². The minimum Gasteiger partial charge on any atom is -0.465 e. The van der Waals surface area contributed by atoms with Gasteiger partial charge in [-0.3, -0.25) is 10.0 Å². The number of amides is 1. The summed E-state index contributed by atoms with van der Waals surface area (Å²) in [5.74, 6) is -1.80. The molecule has 0 radical (unpaired) electrons. The highest BCUT2D eigenvalue weighted by atomic mass is 16.7. The second-order valence-corrected chi connectivity index (χ2v) is 5.16. The molecule has 0 spiro atoms. The number of esters is 1. The number of nitrogens with one attached hydrogen (secondary N) is 1. The van der Waals surface area contributed by atoms with Crippen molar-refractivity contribution in [2.45, 2.75) is 0 Å². The van der Waals surface area contributed by atoms with Gasteiger partial charge < -0.3 is 9.57 Å². The molecule has 0 aromatic heterocycles. The van der Waals surface area contributed by atoms with Gasteiger partial charge in [-0.2, -0.15) is 0 Å². The Balaban J connectivity index is 1.92. The summed E-state index contributed by atoms with van der Waals surface area (Å²) in [5, 5.41) is 12.0. The molecule has 8 nitrogen and oxygen atoms in total. The van der Waals surface area contributed by atoms with Gasteiger partial charge in [0.2, 0.25) is 0 Å². The quantitative estimate of drug-likeness (QED) is 0.202. The van der Waals surface area contributed by atoms with Crippen molar-refractivity contribution in [2.75, 3.05) is 7.11 Å². The average molecular weight is 368 g/mol. The fourth-order valence-electron chi connectivity index (χ4n) is 1.95. The molecule has 0 saturated heterocycles. The van der Waals surface area contributed by atoms with E-state index in [4.69, 9.17) is 10.0 Å². The topological polar surface area (TPSA) is 114 Å². The molecule has 138 valence electrons. The molecule has 2 aromatic rings. The highest BCUT2D eigenvalue weighted by Crippen LogP contribution is 2.08. The van der Waals surface area contributed by atoms with Crippen LogP contribution in [-0.4, -0.2) is 36.4 Å². The van der Waals surface area contributed by atoms with Crippen LogP contribution < -0.4 is 5.48 Å². The summed E-state index contributed by atoms with van der Waals surface area (Å²) >= 11 is 0. The van der Waals surface area contributed by atoms with Crippen LogP contribution in [-0.2, 0) is 14.4 Å². The first-order valence-corrected chi connectivity index (χ1v) is 7.69. The molecule has 0 bridgehead atoms. The first kappa shape index (κ1) is 19.5. The molecule has 0 saturated carbocycles. The monoisotopic (exact) mass is 368 g/mol. The minimum absolute atomic E-state index is 0.238. The summed E-state index contributed by atoms with van der Waals surface area (Å²) in [6.45, 7) is 0. The number of benzene rings is 2.